The number of rotatable bonds is 10. The van der Waals surface area contributed by atoms with E-state index in [4.69, 9.17) is 14.2 Å². The Morgan fingerprint density at radius 2 is 1.81 bits per heavy atom. The van der Waals surface area contributed by atoms with Crippen LogP contribution in [0.4, 0.5) is 0 Å². The molecule has 0 radical (unpaired) electrons. The van der Waals surface area contributed by atoms with Gasteiger partial charge < -0.3 is 24.4 Å². The molecule has 0 aliphatic carbocycles. The van der Waals surface area contributed by atoms with Gasteiger partial charge in [-0.25, -0.2) is 0 Å². The first-order valence-electron chi connectivity index (χ1n) is 8.59. The normalized spacial score (nSPS) is 11.5. The number of likely N-dealkylation sites (N-methyl/N-ethyl adjacent to an activating group) is 1. The van der Waals surface area contributed by atoms with Gasteiger partial charge in [0.1, 0.15) is 18.9 Å². The van der Waals surface area contributed by atoms with E-state index in [-0.39, 0.29) is 5.91 Å². The van der Waals surface area contributed by atoms with E-state index in [1.807, 2.05) is 55.6 Å². The molecule has 2 aromatic carbocycles. The largest absolute Gasteiger partial charge is 0.497 e. The lowest BCUT2D eigenvalue weighted by atomic mass is 10.2. The Hall–Kier alpha value is -2.73. The fourth-order valence-corrected chi connectivity index (χ4v) is 2.62. The number of carbonyl (C=O) groups is 1. The third-order valence-corrected chi connectivity index (χ3v) is 3.85. The summed E-state index contributed by atoms with van der Waals surface area (Å²) in [5.74, 6) is 2.17. The predicted molar refractivity (Wildman–Crippen MR) is 100.0 cm³/mol. The molecule has 0 bridgehead atoms. The van der Waals surface area contributed by atoms with E-state index >= 15 is 0 Å². The Labute approximate surface area is 154 Å². The van der Waals surface area contributed by atoms with Crippen molar-refractivity contribution < 1.29 is 23.9 Å². The van der Waals surface area contributed by atoms with E-state index in [9.17, 15) is 4.79 Å². The fourth-order valence-electron chi connectivity index (χ4n) is 2.62. The number of methoxy groups -OCH3 is 2. The minimum atomic E-state index is -0.00553. The lowest BCUT2D eigenvalue weighted by Gasteiger charge is -2.15. The molecule has 0 aliphatic heterocycles. The van der Waals surface area contributed by atoms with Crippen LogP contribution in [0.5, 0.6) is 17.2 Å². The number of carbonyl (C=O) groups excluding carboxylic acids is 1. The van der Waals surface area contributed by atoms with Gasteiger partial charge in [0.15, 0.2) is 18.0 Å². The Kier molecular flexibility index (Phi) is 7.76. The van der Waals surface area contributed by atoms with Gasteiger partial charge >= 0.3 is 0 Å². The van der Waals surface area contributed by atoms with Crippen molar-refractivity contribution in [2.24, 2.45) is 0 Å². The minimum Gasteiger partial charge on any atom is -0.497 e. The zero-order valence-electron chi connectivity index (χ0n) is 15.6. The molecule has 2 N–H and O–H groups in total. The molecule has 6 nitrogen and oxygen atoms in total. The number of ether oxygens (including phenoxy) is 3. The average molecular weight is 359 g/mol. The first kappa shape index (κ1) is 19.6. The van der Waals surface area contributed by atoms with Crippen LogP contribution in [-0.2, 0) is 11.3 Å². The number of hydrogen-bond acceptors (Lipinski definition) is 4. The molecule has 1 unspecified atom stereocenters. The van der Waals surface area contributed by atoms with E-state index in [0.29, 0.717) is 31.2 Å². The van der Waals surface area contributed by atoms with Gasteiger partial charge in [-0.1, -0.05) is 24.3 Å². The predicted octanol–water partition coefficient (Wildman–Crippen LogP) is 0.914. The van der Waals surface area contributed by atoms with Crippen molar-refractivity contribution in [2.75, 3.05) is 41.0 Å². The maximum absolute atomic E-state index is 12.1. The number of benzene rings is 2. The smallest absolute Gasteiger partial charge is 0.275 e. The molecule has 0 spiro atoms. The molecular weight excluding hydrogens is 332 g/mol. The molecule has 2 rings (SSSR count). The van der Waals surface area contributed by atoms with E-state index in [2.05, 4.69) is 5.32 Å². The summed E-state index contributed by atoms with van der Waals surface area (Å²) in [7, 11) is 5.24. The van der Waals surface area contributed by atoms with E-state index < -0.39 is 0 Å². The summed E-state index contributed by atoms with van der Waals surface area (Å²) in [4.78, 5) is 13.2. The van der Waals surface area contributed by atoms with Crippen LogP contribution >= 0.6 is 0 Å². The number of quaternary nitrogens is 1. The van der Waals surface area contributed by atoms with Crippen molar-refractivity contribution in [1.29, 1.82) is 0 Å². The highest BCUT2D eigenvalue weighted by Crippen LogP contribution is 2.25. The lowest BCUT2D eigenvalue weighted by molar-refractivity contribution is -0.885. The Balaban J connectivity index is 1.69. The number of hydrogen-bond donors (Lipinski definition) is 2. The second-order valence-electron chi connectivity index (χ2n) is 6.01. The van der Waals surface area contributed by atoms with Crippen LogP contribution in [0.25, 0.3) is 0 Å². The molecule has 0 aliphatic rings. The zero-order valence-corrected chi connectivity index (χ0v) is 15.6. The summed E-state index contributed by atoms with van der Waals surface area (Å²) in [6, 6.07) is 15.3. The molecule has 6 heteroatoms. The van der Waals surface area contributed by atoms with Gasteiger partial charge in [0, 0.05) is 5.56 Å². The molecule has 0 aromatic heterocycles. The highest BCUT2D eigenvalue weighted by Gasteiger charge is 2.11. The summed E-state index contributed by atoms with van der Waals surface area (Å²) in [5.41, 5.74) is 1.13. The lowest BCUT2D eigenvalue weighted by Crippen LogP contribution is -3.08. The second-order valence-corrected chi connectivity index (χ2v) is 6.01. The maximum Gasteiger partial charge on any atom is 0.275 e. The quantitative estimate of drug-likeness (QED) is 0.619. The van der Waals surface area contributed by atoms with E-state index in [1.54, 1.807) is 14.2 Å². The first-order valence-corrected chi connectivity index (χ1v) is 8.59. The SMILES string of the molecule is COc1cccc(C[NH+](C)CC(=O)NCCOc2ccccc2OC)c1. The summed E-state index contributed by atoms with van der Waals surface area (Å²) in [6.07, 6.45) is 0. The van der Waals surface area contributed by atoms with Crippen molar-refractivity contribution in [2.45, 2.75) is 6.54 Å². The second kappa shape index (κ2) is 10.3. The summed E-state index contributed by atoms with van der Waals surface area (Å²) in [5, 5.41) is 2.88. The number of para-hydroxylation sites is 2. The minimum absolute atomic E-state index is 0.00553. The molecule has 2 aromatic rings. The number of nitrogens with one attached hydrogen (secondary N) is 2. The van der Waals surface area contributed by atoms with Crippen LogP contribution in [0.2, 0.25) is 0 Å². The molecule has 0 saturated heterocycles. The summed E-state index contributed by atoms with van der Waals surface area (Å²) in [6.45, 7) is 1.98. The third-order valence-electron chi connectivity index (χ3n) is 3.85. The van der Waals surface area contributed by atoms with Gasteiger partial charge in [0.25, 0.3) is 5.91 Å². The number of amides is 1. The van der Waals surface area contributed by atoms with Crippen molar-refractivity contribution in [3.8, 4) is 17.2 Å². The van der Waals surface area contributed by atoms with Crippen LogP contribution in [0.1, 0.15) is 5.56 Å². The van der Waals surface area contributed by atoms with Gasteiger partial charge in [-0.3, -0.25) is 4.79 Å². The van der Waals surface area contributed by atoms with Crippen molar-refractivity contribution in [1.82, 2.24) is 5.32 Å². The van der Waals surface area contributed by atoms with Crippen LogP contribution in [0.3, 0.4) is 0 Å². The van der Waals surface area contributed by atoms with Gasteiger partial charge in [0.05, 0.1) is 27.8 Å². The fraction of sp³-hybridized carbons (Fsp3) is 0.350. The molecule has 0 fully saturated rings. The Morgan fingerprint density at radius 1 is 1.04 bits per heavy atom. The highest BCUT2D eigenvalue weighted by molar-refractivity contribution is 5.76. The maximum atomic E-state index is 12.1. The molecule has 140 valence electrons. The molecule has 1 amide bonds. The van der Waals surface area contributed by atoms with Crippen molar-refractivity contribution in [3.63, 3.8) is 0 Å². The third kappa shape index (κ3) is 6.29. The van der Waals surface area contributed by atoms with Gasteiger partial charge in [-0.15, -0.1) is 0 Å². The van der Waals surface area contributed by atoms with E-state index in [0.717, 1.165) is 22.8 Å². The van der Waals surface area contributed by atoms with Crippen LogP contribution in [0, 0.1) is 0 Å². The van der Waals surface area contributed by atoms with Gasteiger partial charge in [0.2, 0.25) is 0 Å². The zero-order chi connectivity index (χ0) is 18.8. The highest BCUT2D eigenvalue weighted by atomic mass is 16.5. The van der Waals surface area contributed by atoms with Gasteiger partial charge in [-0.05, 0) is 24.3 Å². The molecule has 0 heterocycles. The molecule has 1 atom stereocenters. The van der Waals surface area contributed by atoms with Crippen LogP contribution < -0.4 is 24.4 Å². The summed E-state index contributed by atoms with van der Waals surface area (Å²) >= 11 is 0. The standard InChI is InChI=1S/C20H26N2O4/c1-22(14-16-7-6-8-17(13-16)24-2)15-20(23)21-11-12-26-19-10-5-4-9-18(19)25-3/h4-10,13H,11-12,14-15H2,1-3H3,(H,21,23)/p+1. The molecule has 26 heavy (non-hydrogen) atoms. The first-order chi connectivity index (χ1) is 12.6. The van der Waals surface area contributed by atoms with Gasteiger partial charge in [-0.2, -0.15) is 0 Å². The summed E-state index contributed by atoms with van der Waals surface area (Å²) < 4.78 is 16.1. The molecular formula is C20H27N2O4+. The topological polar surface area (TPSA) is 61.2 Å². The van der Waals surface area contributed by atoms with Crippen LogP contribution in [-0.4, -0.2) is 46.9 Å². The molecule has 0 saturated carbocycles. The van der Waals surface area contributed by atoms with Crippen molar-refractivity contribution in [3.05, 3.63) is 54.1 Å². The monoisotopic (exact) mass is 359 g/mol. The van der Waals surface area contributed by atoms with Crippen molar-refractivity contribution >= 4 is 5.91 Å². The van der Waals surface area contributed by atoms with E-state index in [1.165, 1.54) is 0 Å². The Bertz CT molecular complexity index is 706. The van der Waals surface area contributed by atoms with Crippen LogP contribution in [0.15, 0.2) is 48.5 Å². The average Bonchev–Trinajstić information content (AvgIpc) is 2.65. The Morgan fingerprint density at radius 3 is 2.54 bits per heavy atom.